The molecule has 4 nitrogen and oxygen atoms in total. The highest BCUT2D eigenvalue weighted by Gasteiger charge is 2.29. The van der Waals surface area contributed by atoms with Gasteiger partial charge in [-0.15, -0.1) is 0 Å². The number of nitrogens with two attached hydrogens (primary N) is 1. The lowest BCUT2D eigenvalue weighted by Crippen LogP contribution is -2.41. The van der Waals surface area contributed by atoms with Crippen molar-refractivity contribution in [2.75, 3.05) is 26.2 Å². The number of hydrogen-bond acceptors (Lipinski definition) is 3. The fourth-order valence-electron chi connectivity index (χ4n) is 2.43. The van der Waals surface area contributed by atoms with Gasteiger partial charge >= 0.3 is 0 Å². The molecule has 0 aromatic heterocycles. The van der Waals surface area contributed by atoms with Crippen LogP contribution in [0.15, 0.2) is 0 Å². The minimum atomic E-state index is 0.163. The van der Waals surface area contributed by atoms with Gasteiger partial charge in [0.2, 0.25) is 5.91 Å². The summed E-state index contributed by atoms with van der Waals surface area (Å²) in [4.78, 5) is 13.7. The van der Waals surface area contributed by atoms with Gasteiger partial charge in [0.05, 0.1) is 6.10 Å². The topological polar surface area (TPSA) is 55.6 Å². The molecule has 2 N–H and O–H groups in total. The standard InChI is InChI=1S/C12H22N2O2/c13-8-10-6-11(7-10)16-9-12(15)14-4-2-1-3-5-14/h10-11H,1-9,13H2. The number of amides is 1. The third kappa shape index (κ3) is 2.95. The minimum Gasteiger partial charge on any atom is -0.368 e. The van der Waals surface area contributed by atoms with Gasteiger partial charge in [0, 0.05) is 13.1 Å². The average molecular weight is 226 g/mol. The van der Waals surface area contributed by atoms with Crippen LogP contribution in [0.3, 0.4) is 0 Å². The molecule has 2 aliphatic rings. The number of hydrogen-bond donors (Lipinski definition) is 1. The maximum atomic E-state index is 11.8. The van der Waals surface area contributed by atoms with E-state index in [-0.39, 0.29) is 18.6 Å². The predicted octanol–water partition coefficient (Wildman–Crippen LogP) is 0.753. The van der Waals surface area contributed by atoms with Crippen molar-refractivity contribution in [3.8, 4) is 0 Å². The van der Waals surface area contributed by atoms with Crippen LogP contribution >= 0.6 is 0 Å². The number of piperidine rings is 1. The Bertz CT molecular complexity index is 233. The molecule has 4 heteroatoms. The maximum absolute atomic E-state index is 11.8. The highest BCUT2D eigenvalue weighted by Crippen LogP contribution is 2.28. The molecule has 92 valence electrons. The molecule has 1 saturated carbocycles. The molecule has 16 heavy (non-hydrogen) atoms. The molecule has 1 amide bonds. The van der Waals surface area contributed by atoms with Crippen molar-refractivity contribution >= 4 is 5.91 Å². The van der Waals surface area contributed by atoms with E-state index in [4.69, 9.17) is 10.5 Å². The Morgan fingerprint density at radius 2 is 1.94 bits per heavy atom. The van der Waals surface area contributed by atoms with E-state index in [9.17, 15) is 4.79 Å². The molecule has 1 aliphatic carbocycles. The first-order valence-electron chi connectivity index (χ1n) is 6.39. The van der Waals surface area contributed by atoms with Crippen molar-refractivity contribution in [3.63, 3.8) is 0 Å². The van der Waals surface area contributed by atoms with Crippen LogP contribution in [0.1, 0.15) is 32.1 Å². The maximum Gasteiger partial charge on any atom is 0.248 e. The molecule has 0 aromatic rings. The summed E-state index contributed by atoms with van der Waals surface area (Å²) in [6, 6.07) is 0. The third-order valence-electron chi connectivity index (χ3n) is 3.68. The van der Waals surface area contributed by atoms with Crippen molar-refractivity contribution in [2.24, 2.45) is 11.7 Å². The Morgan fingerprint density at radius 3 is 2.56 bits per heavy atom. The van der Waals surface area contributed by atoms with Crippen LogP contribution in [-0.2, 0) is 9.53 Å². The molecule has 1 saturated heterocycles. The molecule has 0 unspecified atom stereocenters. The first kappa shape index (κ1) is 11.9. The van der Waals surface area contributed by atoms with Crippen molar-refractivity contribution in [2.45, 2.75) is 38.2 Å². The summed E-state index contributed by atoms with van der Waals surface area (Å²) in [6.45, 7) is 2.85. The molecule has 0 atom stereocenters. The number of carbonyl (C=O) groups is 1. The smallest absolute Gasteiger partial charge is 0.248 e. The van der Waals surface area contributed by atoms with Crippen molar-refractivity contribution < 1.29 is 9.53 Å². The summed E-state index contributed by atoms with van der Waals surface area (Å²) in [7, 11) is 0. The van der Waals surface area contributed by atoms with E-state index in [2.05, 4.69) is 0 Å². The zero-order valence-corrected chi connectivity index (χ0v) is 9.86. The monoisotopic (exact) mass is 226 g/mol. The highest BCUT2D eigenvalue weighted by atomic mass is 16.5. The molecule has 1 aliphatic heterocycles. The van der Waals surface area contributed by atoms with Crippen LogP contribution in [0.25, 0.3) is 0 Å². The van der Waals surface area contributed by atoms with Crippen LogP contribution in [0, 0.1) is 5.92 Å². The van der Waals surface area contributed by atoms with Crippen LogP contribution in [0.2, 0.25) is 0 Å². The number of likely N-dealkylation sites (tertiary alicyclic amines) is 1. The summed E-state index contributed by atoms with van der Waals surface area (Å²) in [6.07, 6.45) is 5.88. The molecule has 2 rings (SSSR count). The normalized spacial score (nSPS) is 29.9. The van der Waals surface area contributed by atoms with E-state index in [1.54, 1.807) is 0 Å². The zero-order valence-electron chi connectivity index (χ0n) is 9.86. The Labute approximate surface area is 97.1 Å². The first-order chi connectivity index (χ1) is 7.79. The van der Waals surface area contributed by atoms with E-state index >= 15 is 0 Å². The van der Waals surface area contributed by atoms with E-state index in [1.807, 2.05) is 4.90 Å². The first-order valence-corrected chi connectivity index (χ1v) is 6.39. The average Bonchev–Trinajstić information content (AvgIpc) is 2.28. The van der Waals surface area contributed by atoms with E-state index < -0.39 is 0 Å². The van der Waals surface area contributed by atoms with Gasteiger partial charge in [0.1, 0.15) is 6.61 Å². The lowest BCUT2D eigenvalue weighted by Gasteiger charge is -2.35. The Hall–Kier alpha value is -0.610. The summed E-state index contributed by atoms with van der Waals surface area (Å²) in [5.74, 6) is 0.783. The molecule has 0 aromatic carbocycles. The van der Waals surface area contributed by atoms with E-state index in [1.165, 1.54) is 6.42 Å². The van der Waals surface area contributed by atoms with Gasteiger partial charge in [-0.25, -0.2) is 0 Å². The van der Waals surface area contributed by atoms with Gasteiger partial charge in [-0.2, -0.15) is 0 Å². The van der Waals surface area contributed by atoms with E-state index in [0.29, 0.717) is 5.92 Å². The second-order valence-electron chi connectivity index (χ2n) is 4.95. The molecular weight excluding hydrogens is 204 g/mol. The lowest BCUT2D eigenvalue weighted by atomic mass is 9.82. The minimum absolute atomic E-state index is 0.163. The Kier molecular flexibility index (Phi) is 4.18. The van der Waals surface area contributed by atoms with Crippen molar-refractivity contribution in [1.29, 1.82) is 0 Å². The van der Waals surface area contributed by atoms with Crippen LogP contribution in [-0.4, -0.2) is 43.2 Å². The molecule has 1 heterocycles. The van der Waals surface area contributed by atoms with Gasteiger partial charge in [0.25, 0.3) is 0 Å². The fourth-order valence-corrected chi connectivity index (χ4v) is 2.43. The quantitative estimate of drug-likeness (QED) is 0.769. The fraction of sp³-hybridized carbons (Fsp3) is 0.917. The second-order valence-corrected chi connectivity index (χ2v) is 4.95. The van der Waals surface area contributed by atoms with Crippen molar-refractivity contribution in [3.05, 3.63) is 0 Å². The Balaban J connectivity index is 1.60. The molecule has 2 fully saturated rings. The predicted molar refractivity (Wildman–Crippen MR) is 61.9 cm³/mol. The highest BCUT2D eigenvalue weighted by molar-refractivity contribution is 5.77. The number of nitrogens with zero attached hydrogens (tertiary/aromatic N) is 1. The largest absolute Gasteiger partial charge is 0.368 e. The SMILES string of the molecule is NCC1CC(OCC(=O)N2CCCCC2)C1. The van der Waals surface area contributed by atoms with Gasteiger partial charge in [-0.3, -0.25) is 4.79 Å². The molecule has 0 radical (unpaired) electrons. The Morgan fingerprint density at radius 1 is 1.25 bits per heavy atom. The van der Waals surface area contributed by atoms with Gasteiger partial charge in [-0.1, -0.05) is 0 Å². The molecule has 0 bridgehead atoms. The number of ether oxygens (including phenoxy) is 1. The number of carbonyl (C=O) groups excluding carboxylic acids is 1. The summed E-state index contributed by atoms with van der Waals surface area (Å²) in [5, 5.41) is 0. The molecular formula is C12H22N2O2. The van der Waals surface area contributed by atoms with Crippen LogP contribution < -0.4 is 5.73 Å². The van der Waals surface area contributed by atoms with E-state index in [0.717, 1.165) is 45.3 Å². The van der Waals surface area contributed by atoms with Gasteiger partial charge in [0.15, 0.2) is 0 Å². The number of rotatable bonds is 4. The summed E-state index contributed by atoms with van der Waals surface area (Å²) in [5.41, 5.74) is 5.54. The van der Waals surface area contributed by atoms with Crippen molar-refractivity contribution in [1.82, 2.24) is 4.90 Å². The summed E-state index contributed by atoms with van der Waals surface area (Å²) >= 11 is 0. The third-order valence-corrected chi connectivity index (χ3v) is 3.68. The summed E-state index contributed by atoms with van der Waals surface area (Å²) < 4.78 is 5.58. The molecule has 0 spiro atoms. The van der Waals surface area contributed by atoms with Gasteiger partial charge in [-0.05, 0) is 44.6 Å². The van der Waals surface area contributed by atoms with Crippen LogP contribution in [0.5, 0.6) is 0 Å². The van der Waals surface area contributed by atoms with Gasteiger partial charge < -0.3 is 15.4 Å². The zero-order chi connectivity index (χ0) is 11.4. The lowest BCUT2D eigenvalue weighted by molar-refractivity contribution is -0.142. The van der Waals surface area contributed by atoms with Crippen LogP contribution in [0.4, 0.5) is 0 Å². The second kappa shape index (κ2) is 5.64.